The van der Waals surface area contributed by atoms with E-state index in [1.807, 2.05) is 0 Å². The zero-order valence-electron chi connectivity index (χ0n) is 8.22. The molecule has 0 aliphatic heterocycles. The van der Waals surface area contributed by atoms with Gasteiger partial charge < -0.3 is 5.32 Å². The van der Waals surface area contributed by atoms with Gasteiger partial charge in [-0.2, -0.15) is 0 Å². The highest BCUT2D eigenvalue weighted by Gasteiger charge is 2.04. The topological polar surface area (TPSA) is 37.8 Å². The summed E-state index contributed by atoms with van der Waals surface area (Å²) in [5.74, 6) is 0.677. The molecule has 1 heterocycles. The van der Waals surface area contributed by atoms with Crippen molar-refractivity contribution in [1.82, 2.24) is 9.97 Å². The van der Waals surface area contributed by atoms with Crippen LogP contribution in [0.5, 0.6) is 0 Å². The van der Waals surface area contributed by atoms with Crippen molar-refractivity contribution < 1.29 is 0 Å². The summed E-state index contributed by atoms with van der Waals surface area (Å²) in [7, 11) is 0. The van der Waals surface area contributed by atoms with E-state index < -0.39 is 0 Å². The summed E-state index contributed by atoms with van der Waals surface area (Å²) in [5, 5.41) is 3.73. The fourth-order valence-electron chi connectivity index (χ4n) is 1.22. The zero-order chi connectivity index (χ0) is 10.6. The van der Waals surface area contributed by atoms with E-state index in [4.69, 9.17) is 23.2 Å². The van der Waals surface area contributed by atoms with E-state index in [1.165, 1.54) is 0 Å². The summed E-state index contributed by atoms with van der Waals surface area (Å²) in [4.78, 5) is 7.78. The SMILES string of the molecule is CCCC(C)Nc1cc(Cl)nc(Cl)n1. The predicted molar refractivity (Wildman–Crippen MR) is 60.0 cm³/mol. The molecule has 14 heavy (non-hydrogen) atoms. The summed E-state index contributed by atoms with van der Waals surface area (Å²) in [6.45, 7) is 4.23. The van der Waals surface area contributed by atoms with Gasteiger partial charge in [0.2, 0.25) is 5.28 Å². The largest absolute Gasteiger partial charge is 0.367 e. The van der Waals surface area contributed by atoms with Gasteiger partial charge in [0.1, 0.15) is 11.0 Å². The number of hydrogen-bond acceptors (Lipinski definition) is 3. The first-order valence-corrected chi connectivity index (χ1v) is 5.34. The average Bonchev–Trinajstić information content (AvgIpc) is 2.01. The van der Waals surface area contributed by atoms with Crippen LogP contribution >= 0.6 is 23.2 Å². The molecule has 1 unspecified atom stereocenters. The molecule has 0 saturated carbocycles. The standard InChI is InChI=1S/C9H13Cl2N3/c1-3-4-6(2)12-8-5-7(10)13-9(11)14-8/h5-6H,3-4H2,1-2H3,(H,12,13,14). The molecule has 1 atom stereocenters. The number of nitrogens with zero attached hydrogens (tertiary/aromatic N) is 2. The second kappa shape index (κ2) is 5.37. The van der Waals surface area contributed by atoms with Crippen molar-refractivity contribution in [3.63, 3.8) is 0 Å². The van der Waals surface area contributed by atoms with E-state index in [2.05, 4.69) is 29.1 Å². The van der Waals surface area contributed by atoms with E-state index in [0.29, 0.717) is 17.0 Å². The molecular formula is C9H13Cl2N3. The highest BCUT2D eigenvalue weighted by Crippen LogP contribution is 2.15. The summed E-state index contributed by atoms with van der Waals surface area (Å²) in [5.41, 5.74) is 0. The highest BCUT2D eigenvalue weighted by molar-refractivity contribution is 6.32. The van der Waals surface area contributed by atoms with Crippen molar-refractivity contribution in [3.05, 3.63) is 16.5 Å². The molecule has 1 aromatic heterocycles. The van der Waals surface area contributed by atoms with Crippen molar-refractivity contribution >= 4 is 29.0 Å². The minimum absolute atomic E-state index is 0.170. The molecule has 0 spiro atoms. The first-order valence-electron chi connectivity index (χ1n) is 4.58. The first kappa shape index (κ1) is 11.5. The highest BCUT2D eigenvalue weighted by atomic mass is 35.5. The number of halogens is 2. The average molecular weight is 234 g/mol. The summed E-state index contributed by atoms with van der Waals surface area (Å²) in [6.07, 6.45) is 2.21. The zero-order valence-corrected chi connectivity index (χ0v) is 9.73. The summed E-state index contributed by atoms with van der Waals surface area (Å²) < 4.78 is 0. The van der Waals surface area contributed by atoms with Gasteiger partial charge in [-0.25, -0.2) is 9.97 Å². The van der Waals surface area contributed by atoms with Gasteiger partial charge in [-0.05, 0) is 24.9 Å². The van der Waals surface area contributed by atoms with Gasteiger partial charge in [-0.1, -0.05) is 24.9 Å². The number of aromatic nitrogens is 2. The van der Waals surface area contributed by atoms with Gasteiger partial charge in [0.05, 0.1) is 0 Å². The van der Waals surface area contributed by atoms with Crippen LogP contribution in [0.2, 0.25) is 10.4 Å². The molecule has 0 aromatic carbocycles. The van der Waals surface area contributed by atoms with Crippen LogP contribution in [-0.2, 0) is 0 Å². The Morgan fingerprint density at radius 1 is 1.43 bits per heavy atom. The lowest BCUT2D eigenvalue weighted by Crippen LogP contribution is -2.15. The van der Waals surface area contributed by atoms with Gasteiger partial charge in [-0.3, -0.25) is 0 Å². The summed E-state index contributed by atoms with van der Waals surface area (Å²) >= 11 is 11.4. The molecule has 0 amide bonds. The molecule has 78 valence electrons. The molecule has 1 rings (SSSR count). The Morgan fingerprint density at radius 3 is 2.71 bits per heavy atom. The minimum Gasteiger partial charge on any atom is -0.367 e. The van der Waals surface area contributed by atoms with Crippen LogP contribution in [-0.4, -0.2) is 16.0 Å². The Morgan fingerprint density at radius 2 is 2.14 bits per heavy atom. The lowest BCUT2D eigenvalue weighted by Gasteiger charge is -2.13. The van der Waals surface area contributed by atoms with Crippen molar-refractivity contribution in [2.24, 2.45) is 0 Å². The molecular weight excluding hydrogens is 221 g/mol. The van der Waals surface area contributed by atoms with Gasteiger partial charge >= 0.3 is 0 Å². The van der Waals surface area contributed by atoms with Crippen molar-refractivity contribution in [2.75, 3.05) is 5.32 Å². The molecule has 3 nitrogen and oxygen atoms in total. The van der Waals surface area contributed by atoms with E-state index in [0.717, 1.165) is 12.8 Å². The normalized spacial score (nSPS) is 12.6. The molecule has 0 fully saturated rings. The minimum atomic E-state index is 0.170. The fourth-order valence-corrected chi connectivity index (χ4v) is 1.63. The van der Waals surface area contributed by atoms with Gasteiger partial charge in [-0.15, -0.1) is 0 Å². The Kier molecular flexibility index (Phi) is 4.42. The lowest BCUT2D eigenvalue weighted by atomic mass is 10.2. The van der Waals surface area contributed by atoms with Crippen LogP contribution in [0.1, 0.15) is 26.7 Å². The second-order valence-electron chi connectivity index (χ2n) is 3.18. The quantitative estimate of drug-likeness (QED) is 0.641. The van der Waals surface area contributed by atoms with Crippen molar-refractivity contribution in [2.45, 2.75) is 32.7 Å². The van der Waals surface area contributed by atoms with Crippen molar-refractivity contribution in [3.8, 4) is 0 Å². The third-order valence-electron chi connectivity index (χ3n) is 1.78. The maximum absolute atomic E-state index is 5.74. The Labute approximate surface area is 93.9 Å². The van der Waals surface area contributed by atoms with Crippen molar-refractivity contribution in [1.29, 1.82) is 0 Å². The molecule has 0 saturated heterocycles. The Balaban J connectivity index is 2.66. The third-order valence-corrected chi connectivity index (χ3v) is 2.15. The number of nitrogens with one attached hydrogen (secondary N) is 1. The number of anilines is 1. The van der Waals surface area contributed by atoms with E-state index >= 15 is 0 Å². The Hall–Kier alpha value is -0.540. The van der Waals surface area contributed by atoms with Crippen LogP contribution in [0.3, 0.4) is 0 Å². The molecule has 1 aromatic rings. The van der Waals surface area contributed by atoms with Gasteiger partial charge in [0, 0.05) is 12.1 Å². The third kappa shape index (κ3) is 3.68. The number of hydrogen-bond donors (Lipinski definition) is 1. The molecule has 1 N–H and O–H groups in total. The van der Waals surface area contributed by atoms with Gasteiger partial charge in [0.15, 0.2) is 0 Å². The van der Waals surface area contributed by atoms with E-state index in [-0.39, 0.29) is 5.28 Å². The molecule has 5 heteroatoms. The molecule has 0 radical (unpaired) electrons. The fraction of sp³-hybridized carbons (Fsp3) is 0.556. The number of rotatable bonds is 4. The first-order chi connectivity index (χ1) is 6.61. The van der Waals surface area contributed by atoms with Gasteiger partial charge in [0.25, 0.3) is 0 Å². The monoisotopic (exact) mass is 233 g/mol. The van der Waals surface area contributed by atoms with Crippen LogP contribution in [0.15, 0.2) is 6.07 Å². The predicted octanol–water partition coefficient (Wildman–Crippen LogP) is 3.38. The molecule has 0 aliphatic carbocycles. The maximum atomic E-state index is 5.74. The molecule has 0 aliphatic rings. The van der Waals surface area contributed by atoms with Crippen LogP contribution in [0.25, 0.3) is 0 Å². The smallest absolute Gasteiger partial charge is 0.225 e. The lowest BCUT2D eigenvalue weighted by molar-refractivity contribution is 0.687. The van der Waals surface area contributed by atoms with Crippen LogP contribution in [0, 0.1) is 0 Å². The van der Waals surface area contributed by atoms with Crippen LogP contribution in [0.4, 0.5) is 5.82 Å². The molecule has 0 bridgehead atoms. The second-order valence-corrected chi connectivity index (χ2v) is 3.90. The van der Waals surface area contributed by atoms with E-state index in [9.17, 15) is 0 Å². The van der Waals surface area contributed by atoms with E-state index in [1.54, 1.807) is 6.07 Å². The summed E-state index contributed by atoms with van der Waals surface area (Å²) in [6, 6.07) is 2.03. The Bertz CT molecular complexity index is 284. The van der Waals surface area contributed by atoms with Crippen LogP contribution < -0.4 is 5.32 Å². The maximum Gasteiger partial charge on any atom is 0.225 e.